The van der Waals surface area contributed by atoms with E-state index >= 15 is 0 Å². The number of benzene rings is 4. The molecule has 0 aromatic heterocycles. The van der Waals surface area contributed by atoms with Crippen LogP contribution in [0.5, 0.6) is 11.5 Å². The standard InChI is InChI=1S/C34H36N2O4/c1-24(2)27-15-17-28(18-16-27)33(34(38)35-30-20-19-29(39-3)22-31(30)40-4)36(23-26-13-9-6-10-14-26)32(37)21-25-11-7-5-8-12-25/h5-20,22,24,33H,21,23H2,1-4H3,(H,35,38). The Balaban J connectivity index is 1.77. The van der Waals surface area contributed by atoms with Gasteiger partial charge in [0, 0.05) is 12.6 Å². The molecule has 0 fully saturated rings. The first-order chi connectivity index (χ1) is 19.4. The van der Waals surface area contributed by atoms with E-state index in [0.717, 1.165) is 22.3 Å². The fraction of sp³-hybridized carbons (Fsp3) is 0.235. The van der Waals surface area contributed by atoms with E-state index in [1.165, 1.54) is 7.11 Å². The van der Waals surface area contributed by atoms with Crippen molar-refractivity contribution in [3.05, 3.63) is 125 Å². The first-order valence-corrected chi connectivity index (χ1v) is 13.4. The molecule has 6 nitrogen and oxygen atoms in total. The van der Waals surface area contributed by atoms with E-state index in [1.807, 2.05) is 84.9 Å². The molecule has 0 bridgehead atoms. The fourth-order valence-corrected chi connectivity index (χ4v) is 4.61. The van der Waals surface area contributed by atoms with E-state index in [9.17, 15) is 9.59 Å². The zero-order valence-corrected chi connectivity index (χ0v) is 23.5. The first kappa shape index (κ1) is 28.4. The lowest BCUT2D eigenvalue weighted by Gasteiger charge is -2.32. The Labute approximate surface area is 236 Å². The van der Waals surface area contributed by atoms with Gasteiger partial charge in [-0.05, 0) is 40.3 Å². The van der Waals surface area contributed by atoms with Crippen LogP contribution in [0.1, 0.15) is 48.1 Å². The number of hydrogen-bond acceptors (Lipinski definition) is 4. The summed E-state index contributed by atoms with van der Waals surface area (Å²) >= 11 is 0. The molecule has 0 aliphatic rings. The van der Waals surface area contributed by atoms with Crippen LogP contribution in [0.2, 0.25) is 0 Å². The summed E-state index contributed by atoms with van der Waals surface area (Å²) < 4.78 is 10.8. The van der Waals surface area contributed by atoms with Crippen molar-refractivity contribution in [1.29, 1.82) is 0 Å². The lowest BCUT2D eigenvalue weighted by molar-refractivity contribution is -0.139. The molecule has 1 atom stereocenters. The van der Waals surface area contributed by atoms with Gasteiger partial charge in [-0.15, -0.1) is 0 Å². The smallest absolute Gasteiger partial charge is 0.251 e. The molecule has 0 saturated carbocycles. The van der Waals surface area contributed by atoms with Crippen LogP contribution in [0.25, 0.3) is 0 Å². The van der Waals surface area contributed by atoms with E-state index in [0.29, 0.717) is 23.1 Å². The van der Waals surface area contributed by atoms with Crippen LogP contribution in [0.4, 0.5) is 5.69 Å². The van der Waals surface area contributed by atoms with Crippen molar-refractivity contribution in [1.82, 2.24) is 4.90 Å². The maximum absolute atomic E-state index is 14.2. The number of nitrogens with one attached hydrogen (secondary N) is 1. The predicted octanol–water partition coefficient (Wildman–Crippen LogP) is 6.78. The minimum atomic E-state index is -0.885. The zero-order valence-electron chi connectivity index (χ0n) is 23.5. The van der Waals surface area contributed by atoms with E-state index in [-0.39, 0.29) is 24.8 Å². The molecular formula is C34H36N2O4. The minimum absolute atomic E-state index is 0.148. The Kier molecular flexibility index (Phi) is 9.57. The molecule has 2 amide bonds. The number of carbonyl (C=O) groups excluding carboxylic acids is 2. The molecule has 206 valence electrons. The molecule has 0 radical (unpaired) electrons. The van der Waals surface area contributed by atoms with Crippen LogP contribution in [-0.4, -0.2) is 30.9 Å². The number of carbonyl (C=O) groups is 2. The molecule has 4 aromatic rings. The summed E-state index contributed by atoms with van der Waals surface area (Å²) in [7, 11) is 3.11. The average molecular weight is 537 g/mol. The summed E-state index contributed by atoms with van der Waals surface area (Å²) in [6.45, 7) is 4.52. The molecule has 0 aliphatic carbocycles. The lowest BCUT2D eigenvalue weighted by atomic mass is 9.97. The Morgan fingerprint density at radius 3 is 1.93 bits per heavy atom. The third-order valence-corrected chi connectivity index (χ3v) is 6.86. The third kappa shape index (κ3) is 7.08. The largest absolute Gasteiger partial charge is 0.497 e. The number of amides is 2. The lowest BCUT2D eigenvalue weighted by Crippen LogP contribution is -2.41. The van der Waals surface area contributed by atoms with Gasteiger partial charge in [0.25, 0.3) is 5.91 Å². The van der Waals surface area contributed by atoms with E-state index in [1.54, 1.807) is 30.2 Å². The number of rotatable bonds is 11. The van der Waals surface area contributed by atoms with E-state index in [4.69, 9.17) is 9.47 Å². The van der Waals surface area contributed by atoms with Gasteiger partial charge in [-0.3, -0.25) is 9.59 Å². The molecule has 0 spiro atoms. The molecule has 0 heterocycles. The molecule has 0 aliphatic heterocycles. The highest BCUT2D eigenvalue weighted by Crippen LogP contribution is 2.32. The highest BCUT2D eigenvalue weighted by molar-refractivity contribution is 5.99. The van der Waals surface area contributed by atoms with Gasteiger partial charge in [0.15, 0.2) is 0 Å². The quantitative estimate of drug-likeness (QED) is 0.229. The van der Waals surface area contributed by atoms with Crippen molar-refractivity contribution >= 4 is 17.5 Å². The molecule has 4 aromatic carbocycles. The second-order valence-electron chi connectivity index (χ2n) is 9.95. The number of methoxy groups -OCH3 is 2. The van der Waals surface area contributed by atoms with Crippen LogP contribution in [0, 0.1) is 0 Å². The maximum atomic E-state index is 14.2. The van der Waals surface area contributed by atoms with Crippen molar-refractivity contribution in [3.63, 3.8) is 0 Å². The van der Waals surface area contributed by atoms with Gasteiger partial charge in [-0.1, -0.05) is 98.8 Å². The Morgan fingerprint density at radius 2 is 1.35 bits per heavy atom. The van der Waals surface area contributed by atoms with Crippen molar-refractivity contribution in [2.45, 2.75) is 38.8 Å². The van der Waals surface area contributed by atoms with E-state index in [2.05, 4.69) is 19.2 Å². The fourth-order valence-electron chi connectivity index (χ4n) is 4.61. The normalized spacial score (nSPS) is 11.5. The topological polar surface area (TPSA) is 67.9 Å². The van der Waals surface area contributed by atoms with Gasteiger partial charge in [0.05, 0.1) is 26.3 Å². The molecule has 6 heteroatoms. The number of anilines is 1. The van der Waals surface area contributed by atoms with Crippen LogP contribution < -0.4 is 14.8 Å². The van der Waals surface area contributed by atoms with E-state index < -0.39 is 6.04 Å². The molecule has 4 rings (SSSR count). The van der Waals surface area contributed by atoms with Crippen molar-refractivity contribution in [3.8, 4) is 11.5 Å². The third-order valence-electron chi connectivity index (χ3n) is 6.86. The zero-order chi connectivity index (χ0) is 28.5. The second-order valence-corrected chi connectivity index (χ2v) is 9.95. The average Bonchev–Trinajstić information content (AvgIpc) is 2.98. The molecular weight excluding hydrogens is 500 g/mol. The van der Waals surface area contributed by atoms with Crippen LogP contribution in [0.3, 0.4) is 0 Å². The van der Waals surface area contributed by atoms with Crippen molar-refractivity contribution in [2.24, 2.45) is 0 Å². The van der Waals surface area contributed by atoms with Crippen LogP contribution in [-0.2, 0) is 22.6 Å². The summed E-state index contributed by atoms with van der Waals surface area (Å²) in [5.74, 6) is 0.930. The molecule has 1 unspecified atom stereocenters. The highest BCUT2D eigenvalue weighted by Gasteiger charge is 2.32. The maximum Gasteiger partial charge on any atom is 0.251 e. The molecule has 0 saturated heterocycles. The minimum Gasteiger partial charge on any atom is -0.497 e. The summed E-state index contributed by atoms with van der Waals surface area (Å²) in [5, 5.41) is 3.02. The van der Waals surface area contributed by atoms with Gasteiger partial charge < -0.3 is 19.7 Å². The number of hydrogen-bond donors (Lipinski definition) is 1. The Bertz CT molecular complexity index is 1400. The summed E-state index contributed by atoms with van der Waals surface area (Å²) in [6.07, 6.45) is 0.174. The highest BCUT2D eigenvalue weighted by atomic mass is 16.5. The summed E-state index contributed by atoms with van der Waals surface area (Å²) in [6, 6.07) is 31.6. The SMILES string of the molecule is COc1ccc(NC(=O)C(c2ccc(C(C)C)cc2)N(Cc2ccccc2)C(=O)Cc2ccccc2)c(OC)c1. The van der Waals surface area contributed by atoms with Gasteiger partial charge in [-0.25, -0.2) is 0 Å². The Hall–Kier alpha value is -4.58. The van der Waals surface area contributed by atoms with Crippen molar-refractivity contribution < 1.29 is 19.1 Å². The van der Waals surface area contributed by atoms with Crippen molar-refractivity contribution in [2.75, 3.05) is 19.5 Å². The second kappa shape index (κ2) is 13.5. The monoisotopic (exact) mass is 536 g/mol. The van der Waals surface area contributed by atoms with Gasteiger partial charge >= 0.3 is 0 Å². The summed E-state index contributed by atoms with van der Waals surface area (Å²) in [4.78, 5) is 29.8. The van der Waals surface area contributed by atoms with Crippen LogP contribution in [0.15, 0.2) is 103 Å². The van der Waals surface area contributed by atoms with Crippen LogP contribution >= 0.6 is 0 Å². The molecule has 1 N–H and O–H groups in total. The summed E-state index contributed by atoms with van der Waals surface area (Å²) in [5.41, 5.74) is 4.20. The number of ether oxygens (including phenoxy) is 2. The molecule has 40 heavy (non-hydrogen) atoms. The number of nitrogens with zero attached hydrogens (tertiary/aromatic N) is 1. The van der Waals surface area contributed by atoms with Gasteiger partial charge in [-0.2, -0.15) is 0 Å². The Morgan fingerprint density at radius 1 is 0.750 bits per heavy atom. The predicted molar refractivity (Wildman–Crippen MR) is 159 cm³/mol. The first-order valence-electron chi connectivity index (χ1n) is 13.4. The van der Waals surface area contributed by atoms with Gasteiger partial charge in [0.2, 0.25) is 5.91 Å². The van der Waals surface area contributed by atoms with Gasteiger partial charge in [0.1, 0.15) is 17.5 Å².